The molecule has 0 atom stereocenters. The van der Waals surface area contributed by atoms with E-state index in [4.69, 9.17) is 0 Å². The molecule has 0 spiro atoms. The van der Waals surface area contributed by atoms with Crippen LogP contribution in [0.3, 0.4) is 0 Å². The quantitative estimate of drug-likeness (QED) is 0.618. The van der Waals surface area contributed by atoms with Crippen molar-refractivity contribution in [1.82, 2.24) is 4.90 Å². The lowest BCUT2D eigenvalue weighted by molar-refractivity contribution is -0.384. The van der Waals surface area contributed by atoms with Gasteiger partial charge in [0.25, 0.3) is 5.69 Å². The molecule has 112 valence electrons. The molecule has 8 heteroatoms. The Morgan fingerprint density at radius 2 is 1.80 bits per heavy atom. The van der Waals surface area contributed by atoms with Gasteiger partial charge >= 0.3 is 6.18 Å². The van der Waals surface area contributed by atoms with Crippen LogP contribution in [0.5, 0.6) is 0 Å². The molecule has 0 amide bonds. The fraction of sp³-hybridized carbons (Fsp3) is 0.500. The molecule has 0 aliphatic heterocycles. The third kappa shape index (κ3) is 4.09. The van der Waals surface area contributed by atoms with E-state index in [0.29, 0.717) is 19.2 Å². The molecule has 0 aliphatic carbocycles. The normalized spacial score (nSPS) is 11.8. The van der Waals surface area contributed by atoms with Crippen molar-refractivity contribution >= 4 is 11.4 Å². The van der Waals surface area contributed by atoms with Crippen molar-refractivity contribution in [3.8, 4) is 0 Å². The van der Waals surface area contributed by atoms with Gasteiger partial charge in [0.05, 0.1) is 10.5 Å². The van der Waals surface area contributed by atoms with Crippen LogP contribution in [0.1, 0.15) is 5.56 Å². The highest BCUT2D eigenvalue weighted by Gasteiger charge is 2.33. The van der Waals surface area contributed by atoms with Gasteiger partial charge < -0.3 is 9.80 Å². The van der Waals surface area contributed by atoms with Gasteiger partial charge in [0.2, 0.25) is 0 Å². The molecule has 1 aromatic carbocycles. The number of halogens is 3. The lowest BCUT2D eigenvalue weighted by Gasteiger charge is -2.21. The van der Waals surface area contributed by atoms with E-state index < -0.39 is 22.4 Å². The van der Waals surface area contributed by atoms with E-state index in [1.807, 2.05) is 19.0 Å². The number of rotatable bonds is 5. The number of likely N-dealkylation sites (N-methyl/N-ethyl adjacent to an activating group) is 2. The van der Waals surface area contributed by atoms with Gasteiger partial charge in [0.15, 0.2) is 0 Å². The number of hydrogen-bond acceptors (Lipinski definition) is 4. The van der Waals surface area contributed by atoms with Gasteiger partial charge in [0.1, 0.15) is 5.69 Å². The van der Waals surface area contributed by atoms with E-state index in [1.54, 1.807) is 11.9 Å². The number of alkyl halides is 3. The Balaban J connectivity index is 3.10. The van der Waals surface area contributed by atoms with Crippen LogP contribution in [0.4, 0.5) is 24.5 Å². The van der Waals surface area contributed by atoms with Crippen molar-refractivity contribution in [3.05, 3.63) is 33.9 Å². The van der Waals surface area contributed by atoms with Gasteiger partial charge in [-0.1, -0.05) is 0 Å². The number of nitro groups is 1. The zero-order valence-corrected chi connectivity index (χ0v) is 11.4. The molecule has 0 saturated heterocycles. The molecule has 0 aromatic heterocycles. The molecular formula is C12H16F3N3O2. The number of nitro benzene ring substituents is 1. The summed E-state index contributed by atoms with van der Waals surface area (Å²) in [5.41, 5.74) is -1.39. The third-order valence-electron chi connectivity index (χ3n) is 2.79. The monoisotopic (exact) mass is 291 g/mol. The average Bonchev–Trinajstić information content (AvgIpc) is 2.33. The lowest BCUT2D eigenvalue weighted by atomic mass is 10.1. The zero-order valence-electron chi connectivity index (χ0n) is 11.4. The summed E-state index contributed by atoms with van der Waals surface area (Å²) in [7, 11) is 5.29. The Morgan fingerprint density at radius 1 is 1.20 bits per heavy atom. The molecule has 0 heterocycles. The van der Waals surface area contributed by atoms with Crippen LogP contribution >= 0.6 is 0 Å². The summed E-state index contributed by atoms with van der Waals surface area (Å²) in [4.78, 5) is 13.6. The summed E-state index contributed by atoms with van der Waals surface area (Å²) < 4.78 is 37.7. The average molecular weight is 291 g/mol. The highest BCUT2D eigenvalue weighted by atomic mass is 19.4. The fourth-order valence-electron chi connectivity index (χ4n) is 1.64. The van der Waals surface area contributed by atoms with Crippen LogP contribution in [0, 0.1) is 10.1 Å². The van der Waals surface area contributed by atoms with Gasteiger partial charge in [-0.05, 0) is 26.2 Å². The van der Waals surface area contributed by atoms with Gasteiger partial charge in [-0.25, -0.2) is 0 Å². The Bertz CT molecular complexity index is 489. The topological polar surface area (TPSA) is 49.6 Å². The molecule has 0 N–H and O–H groups in total. The maximum absolute atomic E-state index is 12.6. The minimum absolute atomic E-state index is 0.171. The number of benzene rings is 1. The second kappa shape index (κ2) is 6.08. The van der Waals surface area contributed by atoms with Crippen molar-refractivity contribution in [2.75, 3.05) is 39.1 Å². The highest BCUT2D eigenvalue weighted by Crippen LogP contribution is 2.36. The molecule has 0 fully saturated rings. The van der Waals surface area contributed by atoms with E-state index in [-0.39, 0.29) is 5.69 Å². The largest absolute Gasteiger partial charge is 0.416 e. The first-order valence-electron chi connectivity index (χ1n) is 5.84. The van der Waals surface area contributed by atoms with E-state index in [9.17, 15) is 23.3 Å². The molecular weight excluding hydrogens is 275 g/mol. The van der Waals surface area contributed by atoms with E-state index >= 15 is 0 Å². The third-order valence-corrected chi connectivity index (χ3v) is 2.79. The first-order valence-corrected chi connectivity index (χ1v) is 5.84. The maximum atomic E-state index is 12.6. The summed E-state index contributed by atoms with van der Waals surface area (Å²) >= 11 is 0. The second-order valence-corrected chi connectivity index (χ2v) is 4.68. The van der Waals surface area contributed by atoms with Crippen molar-refractivity contribution in [1.29, 1.82) is 0 Å². The van der Waals surface area contributed by atoms with Crippen LogP contribution in [0.15, 0.2) is 18.2 Å². The Labute approximate surface area is 114 Å². The molecule has 0 bridgehead atoms. The zero-order chi connectivity index (χ0) is 15.5. The molecule has 1 aromatic rings. The molecule has 5 nitrogen and oxygen atoms in total. The van der Waals surface area contributed by atoms with Crippen LogP contribution < -0.4 is 4.90 Å². The molecule has 0 unspecified atom stereocenters. The van der Waals surface area contributed by atoms with Gasteiger partial charge in [-0.3, -0.25) is 10.1 Å². The first kappa shape index (κ1) is 16.2. The Hall–Kier alpha value is -1.83. The number of hydrogen-bond donors (Lipinski definition) is 0. The highest BCUT2D eigenvalue weighted by molar-refractivity contribution is 5.64. The summed E-state index contributed by atoms with van der Waals surface area (Å²) in [5, 5.41) is 10.9. The van der Waals surface area contributed by atoms with Crippen molar-refractivity contribution in [3.63, 3.8) is 0 Å². The predicted octanol–water partition coefficient (Wildman–Crippen LogP) is 2.61. The first-order chi connectivity index (χ1) is 9.12. The van der Waals surface area contributed by atoms with Crippen LogP contribution in [0.2, 0.25) is 0 Å². The van der Waals surface area contributed by atoms with Crippen LogP contribution in [-0.2, 0) is 6.18 Å². The number of anilines is 1. The van der Waals surface area contributed by atoms with Crippen LogP contribution in [-0.4, -0.2) is 44.1 Å². The Morgan fingerprint density at radius 3 is 2.25 bits per heavy atom. The molecule has 0 aliphatic rings. The SMILES string of the molecule is CN(C)CCN(C)c1ccc(C(F)(F)F)cc1[N+](=O)[O-]. The maximum Gasteiger partial charge on any atom is 0.416 e. The van der Waals surface area contributed by atoms with Gasteiger partial charge in [-0.2, -0.15) is 13.2 Å². The van der Waals surface area contributed by atoms with Crippen molar-refractivity contribution < 1.29 is 18.1 Å². The summed E-state index contributed by atoms with van der Waals surface area (Å²) in [5.74, 6) is 0. The molecule has 20 heavy (non-hydrogen) atoms. The van der Waals surface area contributed by atoms with E-state index in [1.165, 1.54) is 0 Å². The number of nitrogens with zero attached hydrogens (tertiary/aromatic N) is 3. The van der Waals surface area contributed by atoms with Crippen LogP contribution in [0.25, 0.3) is 0 Å². The van der Waals surface area contributed by atoms with Gasteiger partial charge in [-0.15, -0.1) is 0 Å². The molecule has 0 saturated carbocycles. The van der Waals surface area contributed by atoms with Gasteiger partial charge in [0, 0.05) is 26.2 Å². The van der Waals surface area contributed by atoms with E-state index in [0.717, 1.165) is 12.1 Å². The second-order valence-electron chi connectivity index (χ2n) is 4.68. The molecule has 0 radical (unpaired) electrons. The van der Waals surface area contributed by atoms with E-state index in [2.05, 4.69) is 0 Å². The minimum atomic E-state index is -4.59. The standard InChI is InChI=1S/C12H16F3N3O2/c1-16(2)6-7-17(3)10-5-4-9(12(13,14)15)8-11(10)18(19)20/h4-5,8H,6-7H2,1-3H3. The Kier molecular flexibility index (Phi) is 4.93. The lowest BCUT2D eigenvalue weighted by Crippen LogP contribution is -2.29. The fourth-order valence-corrected chi connectivity index (χ4v) is 1.64. The minimum Gasteiger partial charge on any atom is -0.368 e. The van der Waals surface area contributed by atoms with Crippen molar-refractivity contribution in [2.24, 2.45) is 0 Å². The summed E-state index contributed by atoms with van der Waals surface area (Å²) in [6.45, 7) is 1.11. The summed E-state index contributed by atoms with van der Waals surface area (Å²) in [6.07, 6.45) is -4.59. The predicted molar refractivity (Wildman–Crippen MR) is 69.9 cm³/mol. The van der Waals surface area contributed by atoms with Crippen molar-refractivity contribution in [2.45, 2.75) is 6.18 Å². The smallest absolute Gasteiger partial charge is 0.368 e. The molecule has 1 rings (SSSR count). The summed E-state index contributed by atoms with van der Waals surface area (Å²) in [6, 6.07) is 2.56.